The van der Waals surface area contributed by atoms with Crippen LogP contribution < -0.4 is 10.4 Å². The Morgan fingerprint density at radius 1 is 1.00 bits per heavy atom. The summed E-state index contributed by atoms with van der Waals surface area (Å²) in [5.41, 5.74) is 3.67. The number of fused-ring (bicyclic) bond motifs is 2. The summed E-state index contributed by atoms with van der Waals surface area (Å²) in [7, 11) is 0. The summed E-state index contributed by atoms with van der Waals surface area (Å²) in [6.07, 6.45) is 7.06. The van der Waals surface area contributed by atoms with Gasteiger partial charge in [0.15, 0.2) is 0 Å². The van der Waals surface area contributed by atoms with Crippen LogP contribution in [0.3, 0.4) is 0 Å². The van der Waals surface area contributed by atoms with E-state index in [1.165, 1.54) is 12.1 Å². The number of hydrogen-bond acceptors (Lipinski definition) is 8. The highest BCUT2D eigenvalue weighted by Crippen LogP contribution is 2.39. The lowest BCUT2D eigenvalue weighted by atomic mass is 9.87. The van der Waals surface area contributed by atoms with Crippen molar-refractivity contribution in [2.45, 2.75) is 26.6 Å². The van der Waals surface area contributed by atoms with Crippen LogP contribution in [0, 0.1) is 10.1 Å². The van der Waals surface area contributed by atoms with Crippen LogP contribution in [-0.4, -0.2) is 40.1 Å². The quantitative estimate of drug-likeness (QED) is 0.114. The van der Waals surface area contributed by atoms with Gasteiger partial charge in [-0.05, 0) is 85.2 Å². The fourth-order valence-electron chi connectivity index (χ4n) is 5.61. The molecule has 0 amide bonds. The molecular weight excluding hydrogens is 588 g/mol. The van der Waals surface area contributed by atoms with Gasteiger partial charge in [0, 0.05) is 47.9 Å². The van der Waals surface area contributed by atoms with Crippen LogP contribution in [0.4, 0.5) is 5.69 Å². The summed E-state index contributed by atoms with van der Waals surface area (Å²) in [4.78, 5) is 38.2. The molecule has 2 aliphatic rings. The van der Waals surface area contributed by atoms with E-state index in [1.807, 2.05) is 18.2 Å². The van der Waals surface area contributed by atoms with E-state index < -0.39 is 22.6 Å². The monoisotopic (exact) mass is 618 g/mol. The average Bonchev–Trinajstić information content (AvgIpc) is 3.07. The Kier molecular flexibility index (Phi) is 8.26. The van der Waals surface area contributed by atoms with Crippen molar-refractivity contribution < 1.29 is 28.7 Å². The van der Waals surface area contributed by atoms with Crippen molar-refractivity contribution >= 4 is 34.0 Å². The lowest BCUT2D eigenvalue weighted by molar-refractivity contribution is -0.384. The molecule has 6 rings (SSSR count). The van der Waals surface area contributed by atoms with E-state index >= 15 is 0 Å². The van der Waals surface area contributed by atoms with Gasteiger partial charge < -0.3 is 23.9 Å². The number of nitro groups is 1. The fraction of sp³-hybridized carbons (Fsp3) is 0.167. The minimum atomic E-state index is -1.06. The van der Waals surface area contributed by atoms with E-state index in [-0.39, 0.29) is 29.2 Å². The maximum absolute atomic E-state index is 13.4. The van der Waals surface area contributed by atoms with Crippen LogP contribution in [0.15, 0.2) is 118 Å². The van der Waals surface area contributed by atoms with E-state index in [1.54, 1.807) is 66.7 Å². The molecule has 3 aromatic carbocycles. The van der Waals surface area contributed by atoms with Crippen LogP contribution in [0.2, 0.25) is 0 Å². The van der Waals surface area contributed by atoms with E-state index in [0.717, 1.165) is 29.9 Å². The van der Waals surface area contributed by atoms with Crippen molar-refractivity contribution in [1.82, 2.24) is 4.90 Å². The van der Waals surface area contributed by atoms with Gasteiger partial charge in [-0.1, -0.05) is 24.3 Å². The number of nitro benzene ring substituents is 1. The van der Waals surface area contributed by atoms with Crippen molar-refractivity contribution in [3.63, 3.8) is 0 Å². The molecule has 232 valence electrons. The Morgan fingerprint density at radius 2 is 1.76 bits per heavy atom. The lowest BCUT2D eigenvalue weighted by Crippen LogP contribution is -2.27. The number of aromatic carboxylic acids is 1. The molecule has 0 spiro atoms. The number of carbonyl (C=O) groups is 1. The molecular formula is C36H30N2O8. The normalized spacial score (nSPS) is 15.5. The van der Waals surface area contributed by atoms with Crippen molar-refractivity contribution in [2.75, 3.05) is 13.1 Å². The first-order chi connectivity index (χ1) is 22.2. The predicted octanol–water partition coefficient (Wildman–Crippen LogP) is 6.97. The number of allylic oxidation sites excluding steroid dienone is 3. The summed E-state index contributed by atoms with van der Waals surface area (Å²) < 4.78 is 18.0. The molecule has 1 atom stereocenters. The topological polar surface area (TPSA) is 132 Å². The minimum absolute atomic E-state index is 0.00525. The SMILES string of the molecule is CCN(CC)C1=CC2OC(c3cc4ccc(OCc5ccc([N+](=O)[O-])cc5)cc4oc3=O)=CC(c3ccccc3C(=O)O)=C2C=C1. The lowest BCUT2D eigenvalue weighted by Gasteiger charge is -2.32. The summed E-state index contributed by atoms with van der Waals surface area (Å²) in [5, 5.41) is 21.5. The van der Waals surface area contributed by atoms with Gasteiger partial charge >= 0.3 is 11.6 Å². The maximum Gasteiger partial charge on any atom is 0.347 e. The number of benzene rings is 3. The van der Waals surface area contributed by atoms with Gasteiger partial charge in [0.1, 0.15) is 35.4 Å². The van der Waals surface area contributed by atoms with E-state index in [9.17, 15) is 24.8 Å². The second-order valence-corrected chi connectivity index (χ2v) is 10.7. The second kappa shape index (κ2) is 12.6. The second-order valence-electron chi connectivity index (χ2n) is 10.7. The molecule has 10 nitrogen and oxygen atoms in total. The van der Waals surface area contributed by atoms with Gasteiger partial charge in [-0.15, -0.1) is 0 Å². The molecule has 2 heterocycles. The van der Waals surface area contributed by atoms with Gasteiger partial charge in [0.2, 0.25) is 0 Å². The van der Waals surface area contributed by atoms with Gasteiger partial charge in [0.05, 0.1) is 10.5 Å². The molecule has 1 aliphatic heterocycles. The van der Waals surface area contributed by atoms with Gasteiger partial charge in [-0.25, -0.2) is 9.59 Å². The van der Waals surface area contributed by atoms with Gasteiger partial charge in [-0.3, -0.25) is 10.1 Å². The smallest absolute Gasteiger partial charge is 0.347 e. The van der Waals surface area contributed by atoms with Crippen molar-refractivity contribution in [3.8, 4) is 5.75 Å². The molecule has 0 saturated carbocycles. The molecule has 1 aromatic heterocycles. The zero-order valence-electron chi connectivity index (χ0n) is 25.1. The Morgan fingerprint density at radius 3 is 2.48 bits per heavy atom. The largest absolute Gasteiger partial charge is 0.489 e. The summed E-state index contributed by atoms with van der Waals surface area (Å²) >= 11 is 0. The molecule has 4 aromatic rings. The molecule has 1 unspecified atom stereocenters. The summed E-state index contributed by atoms with van der Waals surface area (Å²) in [6.45, 7) is 5.89. The standard InChI is InChI=1S/C36H30N2O8/c1-3-37(4-2)25-14-16-28-30(27-7-5-6-8-29(27)35(39)40)20-34(45-33(28)18-25)31-17-23-11-15-26(19-32(23)46-36(31)41)44-21-22-9-12-24(13-10-22)38(42)43/h5-20,33H,3-4,21H2,1-2H3,(H,39,40). The number of carboxylic acids is 1. The average molecular weight is 619 g/mol. The highest BCUT2D eigenvalue weighted by molar-refractivity contribution is 5.99. The van der Waals surface area contributed by atoms with Crippen molar-refractivity contribution in [2.24, 2.45) is 0 Å². The number of rotatable bonds is 10. The number of ether oxygens (including phenoxy) is 2. The summed E-state index contributed by atoms with van der Waals surface area (Å²) in [5.74, 6) is -0.334. The highest BCUT2D eigenvalue weighted by atomic mass is 16.6. The molecule has 46 heavy (non-hydrogen) atoms. The van der Waals surface area contributed by atoms with E-state index in [0.29, 0.717) is 27.9 Å². The Bertz CT molecular complexity index is 2030. The van der Waals surface area contributed by atoms with Crippen LogP contribution in [-0.2, 0) is 11.3 Å². The Hall–Kier alpha value is -5.90. The molecule has 10 heteroatoms. The minimum Gasteiger partial charge on any atom is -0.489 e. The Balaban J connectivity index is 1.36. The summed E-state index contributed by atoms with van der Waals surface area (Å²) in [6, 6.07) is 19.6. The molecule has 0 saturated heterocycles. The third-order valence-corrected chi connectivity index (χ3v) is 8.00. The van der Waals surface area contributed by atoms with E-state index in [2.05, 4.69) is 18.7 Å². The van der Waals surface area contributed by atoms with Crippen LogP contribution in [0.5, 0.6) is 5.75 Å². The number of likely N-dealkylation sites (N-methyl/N-ethyl adjacent to an activating group) is 1. The zero-order chi connectivity index (χ0) is 32.4. The molecule has 0 fully saturated rings. The van der Waals surface area contributed by atoms with Crippen molar-refractivity contribution in [1.29, 1.82) is 0 Å². The van der Waals surface area contributed by atoms with Crippen molar-refractivity contribution in [3.05, 3.63) is 151 Å². The first-order valence-corrected chi connectivity index (χ1v) is 14.8. The fourth-order valence-corrected chi connectivity index (χ4v) is 5.61. The third-order valence-electron chi connectivity index (χ3n) is 8.00. The van der Waals surface area contributed by atoms with E-state index in [4.69, 9.17) is 13.9 Å². The Labute approximate surface area is 263 Å². The number of non-ortho nitro benzene ring substituents is 1. The first-order valence-electron chi connectivity index (χ1n) is 14.8. The molecule has 1 N–H and O–H groups in total. The highest BCUT2D eigenvalue weighted by Gasteiger charge is 2.30. The number of nitrogens with zero attached hydrogens (tertiary/aromatic N) is 2. The zero-order valence-corrected chi connectivity index (χ0v) is 25.1. The molecule has 1 aliphatic carbocycles. The molecule has 0 radical (unpaired) electrons. The van der Waals surface area contributed by atoms with Crippen LogP contribution in [0.1, 0.15) is 40.9 Å². The molecule has 0 bridgehead atoms. The van der Waals surface area contributed by atoms with Gasteiger partial charge in [0.25, 0.3) is 5.69 Å². The van der Waals surface area contributed by atoms with Gasteiger partial charge in [-0.2, -0.15) is 0 Å². The first kappa shape index (κ1) is 30.1. The number of carboxylic acid groups (broad SMARTS) is 1. The maximum atomic E-state index is 13.4. The predicted molar refractivity (Wildman–Crippen MR) is 173 cm³/mol. The number of hydrogen-bond donors (Lipinski definition) is 1. The van der Waals surface area contributed by atoms with Crippen LogP contribution in [0.25, 0.3) is 22.3 Å². The van der Waals surface area contributed by atoms with Crippen LogP contribution >= 0.6 is 0 Å². The third kappa shape index (κ3) is 5.92.